The summed E-state index contributed by atoms with van der Waals surface area (Å²) in [5, 5.41) is 19.3. The lowest BCUT2D eigenvalue weighted by Crippen LogP contribution is -2.51. The van der Waals surface area contributed by atoms with Gasteiger partial charge in [0.2, 0.25) is 0 Å². The first-order valence-corrected chi connectivity index (χ1v) is 13.2. The van der Waals surface area contributed by atoms with Gasteiger partial charge in [0, 0.05) is 12.8 Å². The molecule has 0 aliphatic rings. The molecule has 3 unspecified atom stereocenters. The second-order valence-electron chi connectivity index (χ2n) is 9.64. The molecule has 0 spiro atoms. The molecular weight excluding hydrogens is 436 g/mol. The highest BCUT2D eigenvalue weighted by Gasteiger charge is 2.54. The second-order valence-corrected chi connectivity index (χ2v) is 9.64. The van der Waals surface area contributed by atoms with Crippen LogP contribution in [0.2, 0.25) is 0 Å². The van der Waals surface area contributed by atoms with Crippen molar-refractivity contribution in [2.24, 2.45) is 11.3 Å². The molecule has 0 fully saturated rings. The number of Topliss-reactive ketones (excluding diaryl/α,β-unsaturated/α-hetero) is 2. The van der Waals surface area contributed by atoms with Gasteiger partial charge in [0.1, 0.15) is 17.0 Å². The fraction of sp³-hybridized carbons (Fsp3) is 0.852. The fourth-order valence-electron chi connectivity index (χ4n) is 4.72. The van der Waals surface area contributed by atoms with Crippen molar-refractivity contribution in [3.05, 3.63) is 0 Å². The smallest absolute Gasteiger partial charge is 0.328 e. The summed E-state index contributed by atoms with van der Waals surface area (Å²) in [4.78, 5) is 49.4. The van der Waals surface area contributed by atoms with Crippen molar-refractivity contribution in [2.45, 2.75) is 130 Å². The summed E-state index contributed by atoms with van der Waals surface area (Å²) < 4.78 is 4.73. The predicted octanol–water partition coefficient (Wildman–Crippen LogP) is 5.08. The molecule has 7 heteroatoms. The van der Waals surface area contributed by atoms with Crippen molar-refractivity contribution < 1.29 is 34.1 Å². The van der Waals surface area contributed by atoms with Gasteiger partial charge < -0.3 is 14.9 Å². The van der Waals surface area contributed by atoms with E-state index in [0.29, 0.717) is 6.42 Å². The van der Waals surface area contributed by atoms with E-state index < -0.39 is 48.2 Å². The maximum absolute atomic E-state index is 12.8. The quantitative estimate of drug-likeness (QED) is 0.132. The first-order chi connectivity index (χ1) is 16.1. The molecule has 7 nitrogen and oxygen atoms in total. The van der Waals surface area contributed by atoms with Crippen LogP contribution >= 0.6 is 0 Å². The van der Waals surface area contributed by atoms with E-state index in [1.54, 1.807) is 0 Å². The van der Waals surface area contributed by atoms with Gasteiger partial charge >= 0.3 is 11.9 Å². The second kappa shape index (κ2) is 18.7. The van der Waals surface area contributed by atoms with E-state index in [4.69, 9.17) is 4.74 Å². The highest BCUT2D eigenvalue weighted by molar-refractivity contribution is 6.09. The molecule has 198 valence electrons. The lowest BCUT2D eigenvalue weighted by atomic mass is 9.65. The van der Waals surface area contributed by atoms with Gasteiger partial charge in [-0.1, -0.05) is 90.4 Å². The number of rotatable bonds is 21. The molecule has 0 amide bonds. The number of aliphatic hydroxyl groups excluding tert-OH is 2. The minimum Gasteiger partial charge on any atom is -0.394 e. The van der Waals surface area contributed by atoms with Gasteiger partial charge in [-0.25, -0.2) is 0 Å². The molecule has 0 heterocycles. The molecule has 0 bridgehead atoms. The number of esters is 2. The first-order valence-electron chi connectivity index (χ1n) is 13.2. The molecule has 0 aliphatic heterocycles. The SMILES string of the molecule is CCCCCCCCCCCCCCCC(C(C)=O)C(CC(O)CO)(C(C)=O)C(=O)OC(C)=O. The van der Waals surface area contributed by atoms with Gasteiger partial charge in [-0.2, -0.15) is 0 Å². The Morgan fingerprint density at radius 3 is 1.56 bits per heavy atom. The third kappa shape index (κ3) is 12.2. The average Bonchev–Trinajstić information content (AvgIpc) is 2.77. The maximum atomic E-state index is 12.8. The molecule has 34 heavy (non-hydrogen) atoms. The van der Waals surface area contributed by atoms with E-state index in [2.05, 4.69) is 6.92 Å². The van der Waals surface area contributed by atoms with Crippen molar-refractivity contribution in [2.75, 3.05) is 6.61 Å². The Balaban J connectivity index is 4.76. The van der Waals surface area contributed by atoms with Crippen molar-refractivity contribution in [3.63, 3.8) is 0 Å². The molecule has 2 N–H and O–H groups in total. The van der Waals surface area contributed by atoms with Gasteiger partial charge in [-0.15, -0.1) is 0 Å². The normalized spacial score (nSPS) is 14.8. The van der Waals surface area contributed by atoms with E-state index in [1.807, 2.05) is 0 Å². The number of ketones is 2. The van der Waals surface area contributed by atoms with Crippen LogP contribution in [-0.2, 0) is 23.9 Å². The average molecular weight is 485 g/mol. The molecular formula is C27H48O7. The monoisotopic (exact) mass is 484 g/mol. The first kappa shape index (κ1) is 32.4. The summed E-state index contributed by atoms with van der Waals surface area (Å²) in [5.74, 6) is -4.07. The van der Waals surface area contributed by atoms with Crippen LogP contribution in [0.3, 0.4) is 0 Å². The summed E-state index contributed by atoms with van der Waals surface area (Å²) in [5.41, 5.74) is -1.99. The van der Waals surface area contributed by atoms with Crippen LogP contribution in [0.5, 0.6) is 0 Å². The Kier molecular flexibility index (Phi) is 17.8. The highest BCUT2D eigenvalue weighted by Crippen LogP contribution is 2.40. The van der Waals surface area contributed by atoms with Gasteiger partial charge in [0.05, 0.1) is 12.7 Å². The van der Waals surface area contributed by atoms with E-state index in [9.17, 15) is 29.4 Å². The molecule has 0 saturated carbocycles. The summed E-state index contributed by atoms with van der Waals surface area (Å²) in [6, 6.07) is 0. The summed E-state index contributed by atoms with van der Waals surface area (Å²) in [6.45, 7) is 5.05. The van der Waals surface area contributed by atoms with Crippen molar-refractivity contribution >= 4 is 23.5 Å². The number of carbonyl (C=O) groups is 4. The van der Waals surface area contributed by atoms with Crippen LogP contribution in [-0.4, -0.2) is 46.4 Å². The van der Waals surface area contributed by atoms with E-state index >= 15 is 0 Å². The third-order valence-electron chi connectivity index (χ3n) is 6.68. The zero-order valence-electron chi connectivity index (χ0n) is 21.9. The highest BCUT2D eigenvalue weighted by atomic mass is 16.6. The van der Waals surface area contributed by atoms with E-state index in [-0.39, 0.29) is 12.2 Å². The minimum atomic E-state index is -1.99. The molecule has 0 aromatic carbocycles. The van der Waals surface area contributed by atoms with Crippen LogP contribution in [0, 0.1) is 11.3 Å². The van der Waals surface area contributed by atoms with Gasteiger partial charge in [0.15, 0.2) is 0 Å². The lowest BCUT2D eigenvalue weighted by Gasteiger charge is -2.36. The summed E-state index contributed by atoms with van der Waals surface area (Å²) in [7, 11) is 0. The number of hydrogen-bond acceptors (Lipinski definition) is 7. The topological polar surface area (TPSA) is 118 Å². The molecule has 0 aliphatic carbocycles. The maximum Gasteiger partial charge on any atom is 0.328 e. The molecule has 0 aromatic rings. The number of carbonyl (C=O) groups excluding carboxylic acids is 4. The van der Waals surface area contributed by atoms with E-state index in [0.717, 1.165) is 33.1 Å². The van der Waals surface area contributed by atoms with Gasteiger partial charge in [-0.05, 0) is 26.7 Å². The minimum absolute atomic E-state index is 0.276. The van der Waals surface area contributed by atoms with Crippen molar-refractivity contribution in [1.29, 1.82) is 0 Å². The fourth-order valence-corrected chi connectivity index (χ4v) is 4.72. The lowest BCUT2D eigenvalue weighted by molar-refractivity contribution is -0.175. The van der Waals surface area contributed by atoms with Crippen molar-refractivity contribution in [1.82, 2.24) is 0 Å². The Labute approximate surface area is 206 Å². The predicted molar refractivity (Wildman–Crippen MR) is 132 cm³/mol. The number of aliphatic hydroxyl groups is 2. The number of ether oxygens (including phenoxy) is 1. The molecule has 0 saturated heterocycles. The Hall–Kier alpha value is -1.60. The van der Waals surface area contributed by atoms with Crippen LogP contribution in [0.1, 0.15) is 124 Å². The van der Waals surface area contributed by atoms with Crippen LogP contribution in [0.15, 0.2) is 0 Å². The van der Waals surface area contributed by atoms with Crippen LogP contribution in [0.25, 0.3) is 0 Å². The van der Waals surface area contributed by atoms with Crippen LogP contribution < -0.4 is 0 Å². The third-order valence-corrected chi connectivity index (χ3v) is 6.68. The standard InChI is InChI=1S/C27H48O7/c1-5-6-7-8-9-10-11-12-13-14-15-16-17-18-25(21(2)29)27(22(3)30,19-24(32)20-28)26(33)34-23(4)31/h24-25,28,32H,5-20H2,1-4H3. The number of hydrogen-bond donors (Lipinski definition) is 2. The summed E-state index contributed by atoms with van der Waals surface area (Å²) >= 11 is 0. The number of unbranched alkanes of at least 4 members (excludes halogenated alkanes) is 12. The van der Waals surface area contributed by atoms with Gasteiger partial charge in [0.25, 0.3) is 0 Å². The van der Waals surface area contributed by atoms with Gasteiger partial charge in [-0.3, -0.25) is 19.2 Å². The molecule has 3 atom stereocenters. The van der Waals surface area contributed by atoms with Crippen LogP contribution in [0.4, 0.5) is 0 Å². The Morgan fingerprint density at radius 1 is 0.765 bits per heavy atom. The zero-order valence-corrected chi connectivity index (χ0v) is 21.9. The Bertz CT molecular complexity index is 616. The van der Waals surface area contributed by atoms with E-state index in [1.165, 1.54) is 64.7 Å². The molecule has 0 rings (SSSR count). The largest absolute Gasteiger partial charge is 0.394 e. The Morgan fingerprint density at radius 2 is 1.21 bits per heavy atom. The zero-order chi connectivity index (χ0) is 26.0. The van der Waals surface area contributed by atoms with Crippen molar-refractivity contribution in [3.8, 4) is 0 Å². The molecule has 0 aromatic heterocycles. The molecule has 0 radical (unpaired) electrons. The summed E-state index contributed by atoms with van der Waals surface area (Å²) in [6.07, 6.45) is 13.6.